The third kappa shape index (κ3) is 3.81. The van der Waals surface area contributed by atoms with Crippen molar-refractivity contribution in [1.82, 2.24) is 0 Å². The Kier molecular flexibility index (Phi) is 4.97. The van der Waals surface area contributed by atoms with Crippen molar-refractivity contribution in [1.29, 1.82) is 0 Å². The van der Waals surface area contributed by atoms with Crippen LogP contribution in [0.5, 0.6) is 0 Å². The molecule has 156 valence electrons. The van der Waals surface area contributed by atoms with Crippen LogP contribution in [0.2, 0.25) is 0 Å². The monoisotopic (exact) mass is 408 g/mol. The van der Waals surface area contributed by atoms with Crippen LogP contribution in [0.3, 0.4) is 0 Å². The van der Waals surface area contributed by atoms with E-state index in [9.17, 15) is 4.79 Å². The number of fused-ring (bicyclic) bond motifs is 2. The van der Waals surface area contributed by atoms with Gasteiger partial charge in [-0.05, 0) is 35.1 Å². The van der Waals surface area contributed by atoms with E-state index in [0.717, 1.165) is 30.1 Å². The van der Waals surface area contributed by atoms with Gasteiger partial charge in [0.05, 0.1) is 23.3 Å². The van der Waals surface area contributed by atoms with Crippen LogP contribution >= 0.6 is 0 Å². The number of aliphatic imine (C=N–C) groups is 1. The van der Waals surface area contributed by atoms with Crippen LogP contribution in [0.15, 0.2) is 89.9 Å². The van der Waals surface area contributed by atoms with E-state index in [-0.39, 0.29) is 17.4 Å². The summed E-state index contributed by atoms with van der Waals surface area (Å²) in [6, 6.07) is 29.3. The Morgan fingerprint density at radius 2 is 1.52 bits per heavy atom. The molecule has 0 aromatic heterocycles. The molecule has 1 heterocycles. The molecule has 3 nitrogen and oxygen atoms in total. The first kappa shape index (κ1) is 19.7. The van der Waals surface area contributed by atoms with E-state index >= 15 is 0 Å². The lowest BCUT2D eigenvalue weighted by Gasteiger charge is -2.42. The van der Waals surface area contributed by atoms with Crippen molar-refractivity contribution in [3.05, 3.63) is 96.1 Å². The summed E-state index contributed by atoms with van der Waals surface area (Å²) in [4.78, 5) is 21.2. The molecule has 1 aliphatic heterocycles. The van der Waals surface area contributed by atoms with Crippen LogP contribution in [0.1, 0.15) is 43.9 Å². The van der Waals surface area contributed by atoms with Gasteiger partial charge in [-0.25, -0.2) is 0 Å². The summed E-state index contributed by atoms with van der Waals surface area (Å²) in [6.07, 6.45) is 1.44. The van der Waals surface area contributed by atoms with Crippen molar-refractivity contribution in [2.75, 3.05) is 4.90 Å². The van der Waals surface area contributed by atoms with E-state index in [1.807, 2.05) is 18.2 Å². The van der Waals surface area contributed by atoms with Gasteiger partial charge in [-0.15, -0.1) is 0 Å². The fourth-order valence-corrected chi connectivity index (χ4v) is 5.17. The molecule has 1 aliphatic carbocycles. The highest BCUT2D eigenvalue weighted by Crippen LogP contribution is 2.48. The average molecular weight is 409 g/mol. The van der Waals surface area contributed by atoms with Crippen molar-refractivity contribution in [3.8, 4) is 0 Å². The summed E-state index contributed by atoms with van der Waals surface area (Å²) in [5, 5.41) is 0. The van der Waals surface area contributed by atoms with Crippen molar-refractivity contribution < 1.29 is 4.79 Å². The second kappa shape index (κ2) is 7.81. The minimum Gasteiger partial charge on any atom is -0.357 e. The summed E-state index contributed by atoms with van der Waals surface area (Å²) < 4.78 is 0. The number of hydrogen-bond donors (Lipinski definition) is 0. The molecule has 5 rings (SSSR count). The van der Waals surface area contributed by atoms with E-state index in [4.69, 9.17) is 4.99 Å². The molecule has 1 fully saturated rings. The maximum absolute atomic E-state index is 13.6. The number of benzene rings is 3. The second-order valence-electron chi connectivity index (χ2n) is 9.52. The minimum atomic E-state index is -0.230. The molecule has 1 saturated carbocycles. The van der Waals surface area contributed by atoms with Crippen molar-refractivity contribution >= 4 is 22.9 Å². The summed E-state index contributed by atoms with van der Waals surface area (Å²) in [6.45, 7) is 5.09. The lowest BCUT2D eigenvalue weighted by atomic mass is 9.68. The number of rotatable bonds is 3. The first-order chi connectivity index (χ1) is 15.0. The fourth-order valence-electron chi connectivity index (χ4n) is 5.17. The van der Waals surface area contributed by atoms with Crippen LogP contribution < -0.4 is 4.90 Å². The number of carbonyl (C=O) groups excluding carboxylic acids is 1. The molecule has 0 saturated heterocycles. The van der Waals surface area contributed by atoms with Crippen LogP contribution in [-0.4, -0.2) is 11.5 Å². The Bertz CT molecular complexity index is 1120. The highest BCUT2D eigenvalue weighted by molar-refractivity contribution is 6.10. The van der Waals surface area contributed by atoms with Gasteiger partial charge in [0.1, 0.15) is 5.78 Å². The maximum atomic E-state index is 13.6. The minimum absolute atomic E-state index is 0.0583. The number of nitrogens with zero attached hydrogens (tertiary/aromatic N) is 2. The van der Waals surface area contributed by atoms with E-state index < -0.39 is 0 Å². The SMILES string of the molecule is CC1(C)CC(=O)[C@@H]2C(=Nc3ccccc3N(Cc3ccccc3)[C@@H]2c2ccccc2)C1. The zero-order valence-corrected chi connectivity index (χ0v) is 18.2. The van der Waals surface area contributed by atoms with E-state index in [1.165, 1.54) is 11.1 Å². The molecule has 0 unspecified atom stereocenters. The quantitative estimate of drug-likeness (QED) is 0.494. The normalized spacial score (nSPS) is 22.2. The van der Waals surface area contributed by atoms with E-state index in [0.29, 0.717) is 12.2 Å². The van der Waals surface area contributed by atoms with Gasteiger partial charge in [0.25, 0.3) is 0 Å². The number of Topliss-reactive ketones (excluding diaryl/α,β-unsaturated/α-hetero) is 1. The lowest BCUT2D eigenvalue weighted by Crippen LogP contribution is -2.45. The van der Waals surface area contributed by atoms with Gasteiger partial charge >= 0.3 is 0 Å². The molecule has 2 aliphatic rings. The second-order valence-corrected chi connectivity index (χ2v) is 9.52. The molecule has 0 N–H and O–H groups in total. The molecule has 31 heavy (non-hydrogen) atoms. The topological polar surface area (TPSA) is 32.7 Å². The molecular weight excluding hydrogens is 380 g/mol. The van der Waals surface area contributed by atoms with Gasteiger partial charge in [-0.3, -0.25) is 9.79 Å². The van der Waals surface area contributed by atoms with Gasteiger partial charge < -0.3 is 4.90 Å². The Balaban J connectivity index is 1.72. The van der Waals surface area contributed by atoms with Gasteiger partial charge in [0, 0.05) is 18.7 Å². The van der Waals surface area contributed by atoms with Crippen LogP contribution in [-0.2, 0) is 11.3 Å². The zero-order valence-electron chi connectivity index (χ0n) is 18.2. The van der Waals surface area contributed by atoms with Gasteiger partial charge in [-0.1, -0.05) is 86.6 Å². The van der Waals surface area contributed by atoms with Crippen molar-refractivity contribution in [2.45, 2.75) is 39.3 Å². The summed E-state index contributed by atoms with van der Waals surface area (Å²) >= 11 is 0. The van der Waals surface area contributed by atoms with E-state index in [1.54, 1.807) is 0 Å². The standard InChI is InChI=1S/C28H28N2O/c1-28(2)17-23-26(25(31)18-28)27(21-13-7-4-8-14-21)30(19-20-11-5-3-6-12-20)24-16-10-9-15-22(24)29-23/h3-16,26-27H,17-19H2,1-2H3/t26-,27+/m0/s1. The summed E-state index contributed by atoms with van der Waals surface area (Å²) in [7, 11) is 0. The van der Waals surface area contributed by atoms with Crippen molar-refractivity contribution in [3.63, 3.8) is 0 Å². The molecule has 0 amide bonds. The number of hydrogen-bond acceptors (Lipinski definition) is 3. The predicted molar refractivity (Wildman–Crippen MR) is 127 cm³/mol. The van der Waals surface area contributed by atoms with Crippen LogP contribution in [0.25, 0.3) is 0 Å². The van der Waals surface area contributed by atoms with E-state index in [2.05, 4.69) is 85.5 Å². The largest absolute Gasteiger partial charge is 0.357 e. The molecular formula is C28H28N2O. The third-order valence-electron chi connectivity index (χ3n) is 6.46. The third-order valence-corrected chi connectivity index (χ3v) is 6.46. The first-order valence-corrected chi connectivity index (χ1v) is 11.1. The Morgan fingerprint density at radius 3 is 2.26 bits per heavy atom. The zero-order chi connectivity index (χ0) is 21.4. The lowest BCUT2D eigenvalue weighted by molar-refractivity contribution is -0.124. The predicted octanol–water partition coefficient (Wildman–Crippen LogP) is 6.53. The summed E-state index contributed by atoms with van der Waals surface area (Å²) in [5.74, 6) is 0.0706. The number of anilines is 1. The summed E-state index contributed by atoms with van der Waals surface area (Å²) in [5.41, 5.74) is 5.41. The van der Waals surface area contributed by atoms with Gasteiger partial charge in [0.2, 0.25) is 0 Å². The van der Waals surface area contributed by atoms with Gasteiger partial charge in [0.15, 0.2) is 0 Å². The Hall–Kier alpha value is -3.20. The Morgan fingerprint density at radius 1 is 0.871 bits per heavy atom. The smallest absolute Gasteiger partial charge is 0.144 e. The van der Waals surface area contributed by atoms with Crippen LogP contribution in [0.4, 0.5) is 11.4 Å². The highest BCUT2D eigenvalue weighted by atomic mass is 16.1. The fraction of sp³-hybridized carbons (Fsp3) is 0.286. The first-order valence-electron chi connectivity index (χ1n) is 11.1. The number of carbonyl (C=O) groups is 1. The number of ketones is 1. The molecule has 0 spiro atoms. The average Bonchev–Trinajstić information content (AvgIpc) is 2.89. The highest BCUT2D eigenvalue weighted by Gasteiger charge is 2.46. The maximum Gasteiger partial charge on any atom is 0.144 e. The van der Waals surface area contributed by atoms with Gasteiger partial charge in [-0.2, -0.15) is 0 Å². The number of para-hydroxylation sites is 2. The Labute approximate surface area is 184 Å². The molecule has 0 radical (unpaired) electrons. The molecule has 0 bridgehead atoms. The van der Waals surface area contributed by atoms with Crippen LogP contribution in [0, 0.1) is 11.3 Å². The van der Waals surface area contributed by atoms with Crippen molar-refractivity contribution in [2.24, 2.45) is 16.3 Å². The molecule has 3 aromatic rings. The molecule has 3 heteroatoms. The molecule has 3 aromatic carbocycles. The molecule has 2 atom stereocenters.